The maximum atomic E-state index is 3.68. The fourth-order valence-corrected chi connectivity index (χ4v) is 3.32. The molecule has 1 fully saturated rings. The van der Waals surface area contributed by atoms with Crippen LogP contribution >= 0.6 is 11.8 Å². The molecule has 0 aromatic heterocycles. The quantitative estimate of drug-likeness (QED) is 0.648. The first kappa shape index (κ1) is 16.3. The third kappa shape index (κ3) is 6.44. The number of piperidine rings is 1. The van der Waals surface area contributed by atoms with Crippen LogP contribution in [0.25, 0.3) is 0 Å². The van der Waals surface area contributed by atoms with E-state index >= 15 is 0 Å². The molecule has 0 saturated carbocycles. The molecule has 1 aliphatic rings. The SMILES string of the molecule is CCCNC1CCN(CCCCCSC)C(C)C1. The van der Waals surface area contributed by atoms with Gasteiger partial charge in [-0.2, -0.15) is 11.8 Å². The van der Waals surface area contributed by atoms with Crippen LogP contribution in [0, 0.1) is 0 Å². The van der Waals surface area contributed by atoms with Gasteiger partial charge in [0.2, 0.25) is 0 Å². The first-order valence-corrected chi connectivity index (χ1v) is 9.13. The van der Waals surface area contributed by atoms with Gasteiger partial charge in [-0.05, 0) is 70.7 Å². The molecule has 0 aromatic carbocycles. The molecule has 2 unspecified atom stereocenters. The molecule has 0 bridgehead atoms. The Bertz CT molecular complexity index is 197. The summed E-state index contributed by atoms with van der Waals surface area (Å²) < 4.78 is 0. The number of likely N-dealkylation sites (tertiary alicyclic amines) is 1. The van der Waals surface area contributed by atoms with Gasteiger partial charge >= 0.3 is 0 Å². The highest BCUT2D eigenvalue weighted by atomic mass is 32.2. The van der Waals surface area contributed by atoms with Crippen molar-refractivity contribution < 1.29 is 0 Å². The van der Waals surface area contributed by atoms with Crippen LogP contribution in [0.2, 0.25) is 0 Å². The molecule has 0 radical (unpaired) electrons. The predicted molar refractivity (Wildman–Crippen MR) is 84.6 cm³/mol. The molecule has 18 heavy (non-hydrogen) atoms. The molecule has 0 spiro atoms. The van der Waals surface area contributed by atoms with Gasteiger partial charge in [-0.15, -0.1) is 0 Å². The van der Waals surface area contributed by atoms with Crippen LogP contribution in [0.3, 0.4) is 0 Å². The first-order valence-electron chi connectivity index (χ1n) is 7.74. The zero-order valence-electron chi connectivity index (χ0n) is 12.6. The van der Waals surface area contributed by atoms with Gasteiger partial charge in [0, 0.05) is 12.1 Å². The molecule has 1 aliphatic heterocycles. The maximum absolute atomic E-state index is 3.68. The molecule has 1 N–H and O–H groups in total. The number of hydrogen-bond donors (Lipinski definition) is 1. The lowest BCUT2D eigenvalue weighted by molar-refractivity contribution is 0.134. The normalized spacial score (nSPS) is 25.5. The summed E-state index contributed by atoms with van der Waals surface area (Å²) in [7, 11) is 0. The van der Waals surface area contributed by atoms with Crippen molar-refractivity contribution >= 4 is 11.8 Å². The highest BCUT2D eigenvalue weighted by molar-refractivity contribution is 7.98. The Hall–Kier alpha value is 0.270. The summed E-state index contributed by atoms with van der Waals surface area (Å²) in [6.07, 6.45) is 10.3. The molecular weight excluding hydrogens is 240 g/mol. The molecule has 0 aromatic rings. The Morgan fingerprint density at radius 2 is 2.11 bits per heavy atom. The fourth-order valence-electron chi connectivity index (χ4n) is 2.82. The van der Waals surface area contributed by atoms with Crippen LogP contribution < -0.4 is 5.32 Å². The van der Waals surface area contributed by atoms with E-state index in [1.807, 2.05) is 11.8 Å². The summed E-state index contributed by atoms with van der Waals surface area (Å²) in [5.41, 5.74) is 0. The van der Waals surface area contributed by atoms with E-state index in [-0.39, 0.29) is 0 Å². The molecule has 1 heterocycles. The Kier molecular flexibility index (Phi) is 9.16. The van der Waals surface area contributed by atoms with E-state index in [4.69, 9.17) is 0 Å². The van der Waals surface area contributed by atoms with Gasteiger partial charge in [0.1, 0.15) is 0 Å². The van der Waals surface area contributed by atoms with Gasteiger partial charge in [-0.1, -0.05) is 13.3 Å². The van der Waals surface area contributed by atoms with Crippen molar-refractivity contribution in [1.29, 1.82) is 0 Å². The number of nitrogens with zero attached hydrogens (tertiary/aromatic N) is 1. The Labute approximate surface area is 118 Å². The summed E-state index contributed by atoms with van der Waals surface area (Å²) in [6.45, 7) is 8.45. The second kappa shape index (κ2) is 10.1. The molecule has 0 amide bonds. The van der Waals surface area contributed by atoms with E-state index < -0.39 is 0 Å². The summed E-state index contributed by atoms with van der Waals surface area (Å²) in [5, 5.41) is 3.68. The summed E-state index contributed by atoms with van der Waals surface area (Å²) in [6, 6.07) is 1.54. The lowest BCUT2D eigenvalue weighted by atomic mass is 9.97. The first-order chi connectivity index (χ1) is 8.77. The standard InChI is InChI=1S/C15H32N2S/c1-4-9-16-15-8-11-17(14(2)13-15)10-6-5-7-12-18-3/h14-16H,4-13H2,1-3H3. The average Bonchev–Trinajstić information content (AvgIpc) is 2.38. The minimum Gasteiger partial charge on any atom is -0.314 e. The minimum absolute atomic E-state index is 0.771. The summed E-state index contributed by atoms with van der Waals surface area (Å²) in [4.78, 5) is 2.70. The van der Waals surface area contributed by atoms with Crippen molar-refractivity contribution in [3.05, 3.63) is 0 Å². The summed E-state index contributed by atoms with van der Waals surface area (Å²) in [5.74, 6) is 1.33. The monoisotopic (exact) mass is 272 g/mol. The number of hydrogen-bond acceptors (Lipinski definition) is 3. The van der Waals surface area contributed by atoms with Gasteiger partial charge in [0.15, 0.2) is 0 Å². The molecule has 1 rings (SSSR count). The van der Waals surface area contributed by atoms with E-state index in [0.717, 1.165) is 12.1 Å². The maximum Gasteiger partial charge on any atom is 0.00940 e. The van der Waals surface area contributed by atoms with Crippen molar-refractivity contribution in [2.75, 3.05) is 31.6 Å². The van der Waals surface area contributed by atoms with Crippen molar-refractivity contribution in [3.8, 4) is 0 Å². The average molecular weight is 273 g/mol. The van der Waals surface area contributed by atoms with Gasteiger partial charge in [-0.25, -0.2) is 0 Å². The van der Waals surface area contributed by atoms with E-state index in [9.17, 15) is 0 Å². The molecule has 108 valence electrons. The highest BCUT2D eigenvalue weighted by Gasteiger charge is 2.24. The third-order valence-electron chi connectivity index (χ3n) is 3.99. The van der Waals surface area contributed by atoms with Crippen molar-refractivity contribution in [2.24, 2.45) is 0 Å². The molecule has 2 nitrogen and oxygen atoms in total. The zero-order valence-corrected chi connectivity index (χ0v) is 13.4. The predicted octanol–water partition coefficient (Wildman–Crippen LogP) is 3.37. The van der Waals surface area contributed by atoms with Gasteiger partial charge in [0.25, 0.3) is 0 Å². The highest BCUT2D eigenvalue weighted by Crippen LogP contribution is 2.18. The van der Waals surface area contributed by atoms with Crippen molar-refractivity contribution in [1.82, 2.24) is 10.2 Å². The molecule has 0 aliphatic carbocycles. The Morgan fingerprint density at radius 3 is 2.78 bits per heavy atom. The van der Waals surface area contributed by atoms with E-state index in [2.05, 4.69) is 30.3 Å². The lowest BCUT2D eigenvalue weighted by Crippen LogP contribution is -2.47. The van der Waals surface area contributed by atoms with E-state index in [1.165, 1.54) is 63.9 Å². The van der Waals surface area contributed by atoms with Gasteiger partial charge in [0.05, 0.1) is 0 Å². The fraction of sp³-hybridized carbons (Fsp3) is 1.00. The van der Waals surface area contributed by atoms with Crippen molar-refractivity contribution in [3.63, 3.8) is 0 Å². The van der Waals surface area contributed by atoms with Crippen LogP contribution in [0.15, 0.2) is 0 Å². The van der Waals surface area contributed by atoms with Crippen LogP contribution in [-0.4, -0.2) is 48.6 Å². The largest absolute Gasteiger partial charge is 0.314 e. The third-order valence-corrected chi connectivity index (χ3v) is 4.69. The van der Waals surface area contributed by atoms with Gasteiger partial charge < -0.3 is 10.2 Å². The van der Waals surface area contributed by atoms with E-state index in [1.54, 1.807) is 0 Å². The molecule has 1 saturated heterocycles. The molecule has 2 atom stereocenters. The lowest BCUT2D eigenvalue weighted by Gasteiger charge is -2.38. The van der Waals surface area contributed by atoms with Crippen LogP contribution in [0.4, 0.5) is 0 Å². The van der Waals surface area contributed by atoms with Crippen LogP contribution in [0.5, 0.6) is 0 Å². The van der Waals surface area contributed by atoms with Crippen LogP contribution in [-0.2, 0) is 0 Å². The van der Waals surface area contributed by atoms with E-state index in [0.29, 0.717) is 0 Å². The number of thioether (sulfide) groups is 1. The van der Waals surface area contributed by atoms with Gasteiger partial charge in [-0.3, -0.25) is 0 Å². The number of rotatable bonds is 9. The minimum atomic E-state index is 0.771. The molecular formula is C15H32N2S. The Morgan fingerprint density at radius 1 is 1.28 bits per heavy atom. The Balaban J connectivity index is 2.09. The smallest absolute Gasteiger partial charge is 0.00940 e. The zero-order chi connectivity index (χ0) is 13.2. The second-order valence-corrected chi connectivity index (χ2v) is 6.60. The molecule has 3 heteroatoms. The van der Waals surface area contributed by atoms with Crippen LogP contribution in [0.1, 0.15) is 52.4 Å². The number of unbranched alkanes of at least 4 members (excludes halogenated alkanes) is 2. The summed E-state index contributed by atoms with van der Waals surface area (Å²) >= 11 is 1.97. The second-order valence-electron chi connectivity index (χ2n) is 5.61. The topological polar surface area (TPSA) is 15.3 Å². The number of nitrogens with one attached hydrogen (secondary N) is 1. The van der Waals surface area contributed by atoms with Crippen molar-refractivity contribution in [2.45, 2.75) is 64.5 Å².